The maximum atomic E-state index is 9.32. The number of phenols is 10. The van der Waals surface area contributed by atoms with E-state index in [-0.39, 0.29) is 64.1 Å². The van der Waals surface area contributed by atoms with E-state index in [1.54, 1.807) is 98.1 Å². The molecule has 0 spiro atoms. The monoisotopic (exact) mass is 1120 g/mol. The first-order valence-electron chi connectivity index (χ1n) is 26.1. The number of aliphatic hydroxyl groups is 1. The molecule has 0 fully saturated rings. The van der Waals surface area contributed by atoms with Crippen LogP contribution >= 0.6 is 0 Å². The van der Waals surface area contributed by atoms with Gasteiger partial charge in [0.25, 0.3) is 0 Å². The average molecular weight is 1120 g/mol. The van der Waals surface area contributed by atoms with Gasteiger partial charge in [-0.3, -0.25) is 0 Å². The third-order valence-corrected chi connectivity index (χ3v) is 11.7. The molecule has 10 aromatic carbocycles. The molecule has 424 valence electrons. The largest absolute Gasteiger partial charge is 0.508 e. The molecule has 0 saturated heterocycles. The summed E-state index contributed by atoms with van der Waals surface area (Å²) in [6, 6.07) is 67.3. The van der Waals surface area contributed by atoms with E-state index in [9.17, 15) is 46.0 Å². The lowest BCUT2D eigenvalue weighted by Crippen LogP contribution is -1.89. The molecule has 0 aliphatic rings. The molecule has 10 aromatic rings. The topological polar surface area (TPSA) is 232 Å². The Bertz CT molecular complexity index is 3660. The summed E-state index contributed by atoms with van der Waals surface area (Å²) in [7, 11) is 1.60. The summed E-state index contributed by atoms with van der Waals surface area (Å²) in [6.45, 7) is -0.0166. The Morgan fingerprint density at radius 2 is 0.536 bits per heavy atom. The number of hydrogen-bond acceptors (Lipinski definition) is 12. The van der Waals surface area contributed by atoms with E-state index in [4.69, 9.17) is 14.9 Å². The number of aliphatic hydroxyl groups excluding tert-OH is 1. The fourth-order valence-corrected chi connectivity index (χ4v) is 7.60. The van der Waals surface area contributed by atoms with Gasteiger partial charge in [-0.1, -0.05) is 182 Å². The van der Waals surface area contributed by atoms with Crippen molar-refractivity contribution in [1.82, 2.24) is 0 Å². The van der Waals surface area contributed by atoms with Crippen molar-refractivity contribution in [3.63, 3.8) is 0 Å². The molecular formula is C72H64O12. The molecule has 0 atom stereocenters. The molecule has 0 unspecified atom stereocenters. The lowest BCUT2D eigenvalue weighted by atomic mass is 10.1. The number of hydrogen-bond donors (Lipinski definition) is 11. The normalized spacial score (nSPS) is 10.8. The third kappa shape index (κ3) is 22.8. The van der Waals surface area contributed by atoms with Crippen LogP contribution in [-0.2, 0) is 6.61 Å². The Kier molecular flexibility index (Phi) is 24.1. The van der Waals surface area contributed by atoms with Crippen LogP contribution < -0.4 is 4.74 Å². The van der Waals surface area contributed by atoms with Gasteiger partial charge >= 0.3 is 0 Å². The molecule has 12 nitrogen and oxygen atoms in total. The lowest BCUT2D eigenvalue weighted by molar-refractivity contribution is 0.281. The molecular weight excluding hydrogens is 1060 g/mol. The average Bonchev–Trinajstić information content (AvgIpc) is 3.54. The van der Waals surface area contributed by atoms with Crippen LogP contribution in [0, 0.1) is 0 Å². The highest BCUT2D eigenvalue weighted by Crippen LogP contribution is 2.28. The second-order valence-corrected chi connectivity index (χ2v) is 18.5. The van der Waals surface area contributed by atoms with Crippen LogP contribution in [0.25, 0.3) is 60.8 Å². The smallest absolute Gasteiger partial charge is 0.157 e. The molecule has 0 bridgehead atoms. The second kappa shape index (κ2) is 32.7. The van der Waals surface area contributed by atoms with Crippen molar-refractivity contribution >= 4 is 60.8 Å². The molecule has 12 heteroatoms. The molecule has 0 radical (unpaired) electrons. The Balaban J connectivity index is 0.000000169. The van der Waals surface area contributed by atoms with Crippen molar-refractivity contribution < 1.29 is 60.9 Å². The number of phenolic OH excluding ortho intramolecular Hbond substituents is 10. The fraction of sp³-hybridized carbons (Fsp3) is 0.0278. The van der Waals surface area contributed by atoms with E-state index in [2.05, 4.69) is 36.4 Å². The van der Waals surface area contributed by atoms with Crippen LogP contribution in [0.3, 0.4) is 0 Å². The molecule has 0 amide bonds. The molecule has 0 aliphatic heterocycles. The van der Waals surface area contributed by atoms with Crippen LogP contribution in [0.15, 0.2) is 231 Å². The van der Waals surface area contributed by atoms with Crippen molar-refractivity contribution in [2.45, 2.75) is 6.61 Å². The van der Waals surface area contributed by atoms with Gasteiger partial charge in [-0.2, -0.15) is 0 Å². The van der Waals surface area contributed by atoms with Gasteiger partial charge in [0.05, 0.1) is 13.7 Å². The SMILES string of the molecule is C(=C\c1ccccc1)/c1ccccc1.COc1cc(/C=C/c2ccc(O)cc2)cc(CO)c1.Oc1cc(O)cc(/C=C/c2ccc(O)c(O)c2)c1.Oc1cc(O)cc(/C=C/c2ccccc2)c1.Oc1ccc(/C=C/c2cc(O)cc(O)c2)cc1. The summed E-state index contributed by atoms with van der Waals surface area (Å²) in [6.07, 6.45) is 18.8. The zero-order valence-electron chi connectivity index (χ0n) is 45.7. The summed E-state index contributed by atoms with van der Waals surface area (Å²) in [5, 5.41) is 102. The summed E-state index contributed by atoms with van der Waals surface area (Å²) >= 11 is 0. The molecule has 0 aliphatic carbocycles. The van der Waals surface area contributed by atoms with E-state index in [1.807, 2.05) is 121 Å². The van der Waals surface area contributed by atoms with Gasteiger partial charge in [0, 0.05) is 18.2 Å². The lowest BCUT2D eigenvalue weighted by Gasteiger charge is -2.04. The second-order valence-electron chi connectivity index (χ2n) is 18.5. The highest BCUT2D eigenvalue weighted by molar-refractivity contribution is 5.74. The Morgan fingerprint density at radius 3 is 0.845 bits per heavy atom. The van der Waals surface area contributed by atoms with Crippen molar-refractivity contribution in [1.29, 1.82) is 0 Å². The third-order valence-electron chi connectivity index (χ3n) is 11.7. The van der Waals surface area contributed by atoms with E-state index < -0.39 is 0 Å². The van der Waals surface area contributed by atoms with E-state index in [0.717, 1.165) is 39.1 Å². The minimum absolute atomic E-state index is 0.0166. The van der Waals surface area contributed by atoms with Crippen LogP contribution in [0.5, 0.6) is 63.2 Å². The highest BCUT2D eigenvalue weighted by Gasteiger charge is 2.02. The van der Waals surface area contributed by atoms with Crippen molar-refractivity contribution in [2.24, 2.45) is 0 Å². The maximum Gasteiger partial charge on any atom is 0.157 e. The van der Waals surface area contributed by atoms with Gasteiger partial charge < -0.3 is 60.9 Å². The number of rotatable bonds is 12. The van der Waals surface area contributed by atoms with Gasteiger partial charge in [0.1, 0.15) is 51.7 Å². The molecule has 0 heterocycles. The minimum atomic E-state index is -0.198. The number of ether oxygens (including phenoxy) is 1. The van der Waals surface area contributed by atoms with Gasteiger partial charge in [0.15, 0.2) is 11.5 Å². The Hall–Kier alpha value is -11.3. The van der Waals surface area contributed by atoms with Gasteiger partial charge in [-0.25, -0.2) is 0 Å². The molecule has 0 saturated carbocycles. The first-order chi connectivity index (χ1) is 40.6. The van der Waals surface area contributed by atoms with Crippen molar-refractivity contribution in [3.8, 4) is 63.2 Å². The summed E-state index contributed by atoms with van der Waals surface area (Å²) in [5.74, 6) is 0.936. The zero-order valence-corrected chi connectivity index (χ0v) is 45.7. The maximum absolute atomic E-state index is 9.32. The van der Waals surface area contributed by atoms with Crippen LogP contribution in [0.1, 0.15) is 61.2 Å². The van der Waals surface area contributed by atoms with Gasteiger partial charge in [-0.05, 0) is 152 Å². The quantitative estimate of drug-likeness (QED) is 0.0405. The van der Waals surface area contributed by atoms with Gasteiger partial charge in [0.2, 0.25) is 0 Å². The first-order valence-corrected chi connectivity index (χ1v) is 26.1. The summed E-state index contributed by atoms with van der Waals surface area (Å²) in [5.41, 5.74) is 10.0. The van der Waals surface area contributed by atoms with E-state index in [0.29, 0.717) is 16.7 Å². The minimum Gasteiger partial charge on any atom is -0.508 e. The number of benzene rings is 10. The summed E-state index contributed by atoms with van der Waals surface area (Å²) in [4.78, 5) is 0. The predicted octanol–water partition coefficient (Wildman–Crippen LogP) is 15.8. The highest BCUT2D eigenvalue weighted by atomic mass is 16.5. The van der Waals surface area contributed by atoms with E-state index in [1.165, 1.54) is 53.6 Å². The molecule has 11 N–H and O–H groups in total. The van der Waals surface area contributed by atoms with Crippen molar-refractivity contribution in [2.75, 3.05) is 7.11 Å². The summed E-state index contributed by atoms with van der Waals surface area (Å²) < 4.78 is 5.19. The molecule has 10 rings (SSSR count). The number of methoxy groups -OCH3 is 1. The van der Waals surface area contributed by atoms with Crippen LogP contribution in [-0.4, -0.2) is 63.3 Å². The molecule has 0 aromatic heterocycles. The predicted molar refractivity (Wildman–Crippen MR) is 338 cm³/mol. The number of aromatic hydroxyl groups is 10. The van der Waals surface area contributed by atoms with Gasteiger partial charge in [-0.15, -0.1) is 0 Å². The standard InChI is InChI=1S/C16H16O3.C14H12O4.C14H12O3.C14H12O2.C14H12/c1-19-16-9-13(8-14(10-16)11-17)3-2-12-4-6-15(18)7-5-12;15-11-5-10(6-12(16)8-11)2-1-9-3-4-13(17)14(18)7-9;15-12-5-3-10(4-6-12)1-2-11-7-13(16)9-14(17)8-11;15-13-8-12(9-14(16)10-13)7-6-11-4-2-1-3-5-11;1-3-7-13(8-4-1)11-12-14-9-5-2-6-10-14/h2-10,17-18H,11H2,1H3;1-8,15-18H;1-9,15-17H;1-10,15-16H;1-12H/b3-2+;2*2-1+;7-6+;12-11+. The van der Waals surface area contributed by atoms with Crippen LogP contribution in [0.2, 0.25) is 0 Å². The van der Waals surface area contributed by atoms with Crippen LogP contribution in [0.4, 0.5) is 0 Å². The van der Waals surface area contributed by atoms with E-state index >= 15 is 0 Å². The zero-order chi connectivity index (χ0) is 60.1. The first kappa shape index (κ1) is 61.9. The Morgan fingerprint density at radius 1 is 0.250 bits per heavy atom. The van der Waals surface area contributed by atoms with Crippen molar-refractivity contribution in [3.05, 3.63) is 292 Å². The molecule has 84 heavy (non-hydrogen) atoms. The Labute approximate surface area is 488 Å². The fourth-order valence-electron chi connectivity index (χ4n) is 7.60.